The topological polar surface area (TPSA) is 133 Å². The third-order valence-electron chi connectivity index (χ3n) is 2.48. The summed E-state index contributed by atoms with van der Waals surface area (Å²) in [6.45, 7) is 2.98. The number of aryl methyl sites for hydroxylation is 1. The van der Waals surface area contributed by atoms with Crippen LogP contribution in [0.15, 0.2) is 11.1 Å². The summed E-state index contributed by atoms with van der Waals surface area (Å²) in [4.78, 5) is 11.0. The summed E-state index contributed by atoms with van der Waals surface area (Å²) in [7, 11) is -2.24. The van der Waals surface area contributed by atoms with Crippen molar-refractivity contribution in [1.82, 2.24) is 14.5 Å². The summed E-state index contributed by atoms with van der Waals surface area (Å²) in [5.41, 5.74) is 9.66. The molecule has 9 heteroatoms. The van der Waals surface area contributed by atoms with Crippen molar-refractivity contribution >= 4 is 21.7 Å². The number of carbonyl (C=O) groups excluding carboxylic acids is 1. The van der Waals surface area contributed by atoms with Gasteiger partial charge in [-0.15, -0.1) is 0 Å². The van der Waals surface area contributed by atoms with Crippen molar-refractivity contribution in [2.45, 2.75) is 18.7 Å². The van der Waals surface area contributed by atoms with Gasteiger partial charge in [0.05, 0.1) is 5.41 Å². The number of rotatable bonds is 5. The molecule has 0 saturated carbocycles. The third-order valence-corrected chi connectivity index (χ3v) is 3.90. The fraction of sp³-hybridized carbons (Fsp3) is 0.556. The van der Waals surface area contributed by atoms with E-state index < -0.39 is 21.3 Å². The number of carbonyl (C=O) groups is 1. The van der Waals surface area contributed by atoms with Crippen LogP contribution < -0.4 is 16.2 Å². The molecule has 0 aromatic carbocycles. The molecule has 0 aliphatic heterocycles. The first-order valence-electron chi connectivity index (χ1n) is 5.15. The van der Waals surface area contributed by atoms with Crippen LogP contribution in [0, 0.1) is 5.41 Å². The molecular formula is C9H17N5O3S. The molecule has 0 bridgehead atoms. The summed E-state index contributed by atoms with van der Waals surface area (Å²) in [5, 5.41) is 3.74. The highest BCUT2D eigenvalue weighted by Crippen LogP contribution is 2.18. The quantitative estimate of drug-likeness (QED) is 0.620. The van der Waals surface area contributed by atoms with Gasteiger partial charge in [-0.3, -0.25) is 9.48 Å². The SMILES string of the molecule is Cn1cc(S(=O)(=O)NCC(C)(C)C(N)=O)c(N)n1. The van der Waals surface area contributed by atoms with E-state index >= 15 is 0 Å². The van der Waals surface area contributed by atoms with E-state index in [4.69, 9.17) is 11.5 Å². The maximum atomic E-state index is 11.9. The maximum absolute atomic E-state index is 11.9. The number of nitrogens with two attached hydrogens (primary N) is 2. The molecule has 102 valence electrons. The first-order chi connectivity index (χ1) is 8.06. The van der Waals surface area contributed by atoms with Crippen molar-refractivity contribution in [2.24, 2.45) is 18.2 Å². The Balaban J connectivity index is 2.91. The zero-order valence-corrected chi connectivity index (χ0v) is 11.3. The second kappa shape index (κ2) is 4.58. The van der Waals surface area contributed by atoms with E-state index in [0.717, 1.165) is 0 Å². The molecule has 0 saturated heterocycles. The van der Waals surface area contributed by atoms with Gasteiger partial charge in [0.1, 0.15) is 4.90 Å². The van der Waals surface area contributed by atoms with Crippen LogP contribution in [0.1, 0.15) is 13.8 Å². The zero-order valence-electron chi connectivity index (χ0n) is 10.5. The van der Waals surface area contributed by atoms with Crippen molar-refractivity contribution in [3.63, 3.8) is 0 Å². The number of hydrogen-bond acceptors (Lipinski definition) is 5. The van der Waals surface area contributed by atoms with Gasteiger partial charge in [0.2, 0.25) is 15.9 Å². The average Bonchev–Trinajstić information content (AvgIpc) is 2.56. The van der Waals surface area contributed by atoms with Gasteiger partial charge in [0.25, 0.3) is 0 Å². The molecule has 5 N–H and O–H groups in total. The van der Waals surface area contributed by atoms with Crippen LogP contribution in [0.2, 0.25) is 0 Å². The predicted octanol–water partition coefficient (Wildman–Crippen LogP) is -1.21. The number of nitrogens with one attached hydrogen (secondary N) is 1. The highest BCUT2D eigenvalue weighted by molar-refractivity contribution is 7.89. The number of nitrogen functional groups attached to an aromatic ring is 1. The van der Waals surface area contributed by atoms with Crippen molar-refractivity contribution < 1.29 is 13.2 Å². The number of amides is 1. The second-order valence-corrected chi connectivity index (χ2v) is 6.36. The Morgan fingerprint density at radius 1 is 1.56 bits per heavy atom. The van der Waals surface area contributed by atoms with Gasteiger partial charge in [-0.2, -0.15) is 5.10 Å². The van der Waals surface area contributed by atoms with Gasteiger partial charge in [-0.25, -0.2) is 13.1 Å². The van der Waals surface area contributed by atoms with E-state index in [9.17, 15) is 13.2 Å². The lowest BCUT2D eigenvalue weighted by Crippen LogP contribution is -2.42. The summed E-state index contributed by atoms with van der Waals surface area (Å²) in [5.74, 6) is -0.689. The van der Waals surface area contributed by atoms with E-state index in [1.807, 2.05) is 0 Å². The van der Waals surface area contributed by atoms with Crippen molar-refractivity contribution in [2.75, 3.05) is 12.3 Å². The Morgan fingerprint density at radius 3 is 2.50 bits per heavy atom. The molecule has 18 heavy (non-hydrogen) atoms. The molecule has 1 aromatic rings. The maximum Gasteiger partial charge on any atom is 0.245 e. The van der Waals surface area contributed by atoms with Crippen LogP contribution in [0.5, 0.6) is 0 Å². The zero-order chi connectivity index (χ0) is 14.1. The lowest BCUT2D eigenvalue weighted by Gasteiger charge is -2.20. The fourth-order valence-electron chi connectivity index (χ4n) is 1.13. The molecular weight excluding hydrogens is 258 g/mol. The molecule has 0 atom stereocenters. The highest BCUT2D eigenvalue weighted by Gasteiger charge is 2.29. The van der Waals surface area contributed by atoms with Crippen LogP contribution in [0.25, 0.3) is 0 Å². The number of aromatic nitrogens is 2. The monoisotopic (exact) mass is 275 g/mol. The van der Waals surface area contributed by atoms with Gasteiger partial charge < -0.3 is 11.5 Å². The first kappa shape index (κ1) is 14.5. The minimum Gasteiger partial charge on any atom is -0.381 e. The Hall–Kier alpha value is -1.61. The lowest BCUT2D eigenvalue weighted by molar-refractivity contribution is -0.125. The molecule has 0 radical (unpaired) electrons. The standard InChI is InChI=1S/C9H17N5O3S/c1-9(2,8(11)15)5-12-18(16,17)6-4-14(3)13-7(6)10/h4,12H,5H2,1-3H3,(H2,10,13)(H2,11,15). The van der Waals surface area contributed by atoms with Crippen LogP contribution in [-0.2, 0) is 21.9 Å². The summed E-state index contributed by atoms with van der Waals surface area (Å²) >= 11 is 0. The highest BCUT2D eigenvalue weighted by atomic mass is 32.2. The Labute approximate surface area is 105 Å². The molecule has 1 amide bonds. The summed E-state index contributed by atoms with van der Waals surface area (Å²) in [6.07, 6.45) is 1.29. The van der Waals surface area contributed by atoms with Crippen LogP contribution in [0.3, 0.4) is 0 Å². The summed E-state index contributed by atoms with van der Waals surface area (Å²) in [6, 6.07) is 0. The van der Waals surface area contributed by atoms with Crippen LogP contribution >= 0.6 is 0 Å². The molecule has 1 rings (SSSR count). The molecule has 1 aromatic heterocycles. The van der Waals surface area contributed by atoms with Crippen molar-refractivity contribution in [3.05, 3.63) is 6.20 Å². The van der Waals surface area contributed by atoms with E-state index in [1.54, 1.807) is 20.9 Å². The Bertz CT molecular complexity index is 561. The predicted molar refractivity (Wildman–Crippen MR) is 65.8 cm³/mol. The number of sulfonamides is 1. The lowest BCUT2D eigenvalue weighted by atomic mass is 9.93. The number of hydrogen-bond donors (Lipinski definition) is 3. The molecule has 0 spiro atoms. The largest absolute Gasteiger partial charge is 0.381 e. The second-order valence-electron chi connectivity index (χ2n) is 4.62. The van der Waals surface area contributed by atoms with Crippen molar-refractivity contribution in [3.8, 4) is 0 Å². The molecule has 8 nitrogen and oxygen atoms in total. The van der Waals surface area contributed by atoms with E-state index in [-0.39, 0.29) is 17.3 Å². The van der Waals surface area contributed by atoms with Crippen LogP contribution in [-0.4, -0.2) is 30.7 Å². The Morgan fingerprint density at radius 2 is 2.11 bits per heavy atom. The number of nitrogens with zero attached hydrogens (tertiary/aromatic N) is 2. The van der Waals surface area contributed by atoms with Crippen molar-refractivity contribution in [1.29, 1.82) is 0 Å². The fourth-order valence-corrected chi connectivity index (χ4v) is 2.45. The van der Waals surface area contributed by atoms with Gasteiger partial charge in [-0.1, -0.05) is 0 Å². The van der Waals surface area contributed by atoms with Gasteiger partial charge in [0.15, 0.2) is 5.82 Å². The third kappa shape index (κ3) is 2.99. The number of anilines is 1. The van der Waals surface area contributed by atoms with E-state index in [2.05, 4.69) is 9.82 Å². The minimum absolute atomic E-state index is 0.0955. The Kier molecular flexibility index (Phi) is 3.67. The molecule has 0 unspecified atom stereocenters. The minimum atomic E-state index is -3.80. The van der Waals surface area contributed by atoms with E-state index in [0.29, 0.717) is 0 Å². The van der Waals surface area contributed by atoms with Gasteiger partial charge in [0, 0.05) is 19.8 Å². The smallest absolute Gasteiger partial charge is 0.245 e. The summed E-state index contributed by atoms with van der Waals surface area (Å²) < 4.78 is 27.5. The molecule has 0 aliphatic rings. The first-order valence-corrected chi connectivity index (χ1v) is 6.63. The van der Waals surface area contributed by atoms with E-state index in [1.165, 1.54) is 10.9 Å². The van der Waals surface area contributed by atoms with Crippen LogP contribution in [0.4, 0.5) is 5.82 Å². The molecule has 0 aliphatic carbocycles. The molecule has 0 fully saturated rings. The number of primary amides is 1. The normalized spacial score (nSPS) is 12.6. The average molecular weight is 275 g/mol. The molecule has 1 heterocycles. The van der Waals surface area contributed by atoms with Gasteiger partial charge in [-0.05, 0) is 13.8 Å². The van der Waals surface area contributed by atoms with Gasteiger partial charge >= 0.3 is 0 Å².